The number of hydrogen-bond donors (Lipinski definition) is 1. The Kier molecular flexibility index (Phi) is 7.41. The maximum atomic E-state index is 11.3. The van der Waals surface area contributed by atoms with E-state index in [9.17, 15) is 5.11 Å². The van der Waals surface area contributed by atoms with Crippen molar-refractivity contribution < 1.29 is 5.11 Å². The Morgan fingerprint density at radius 2 is 1.68 bits per heavy atom. The fourth-order valence-corrected chi connectivity index (χ4v) is 3.53. The van der Waals surface area contributed by atoms with Crippen LogP contribution in [0.5, 0.6) is 0 Å². The lowest BCUT2D eigenvalue weighted by molar-refractivity contribution is 0.00479. The predicted octanol–water partition coefficient (Wildman–Crippen LogP) is 4.72. The molecule has 0 radical (unpaired) electrons. The van der Waals surface area contributed by atoms with Gasteiger partial charge in [0.15, 0.2) is 0 Å². The van der Waals surface area contributed by atoms with E-state index in [0.717, 1.165) is 31.4 Å². The zero-order valence-electron chi connectivity index (χ0n) is 14.3. The smallest absolute Gasteiger partial charge is 0.0908 e. The van der Waals surface area contributed by atoms with Gasteiger partial charge in [-0.25, -0.2) is 0 Å². The van der Waals surface area contributed by atoms with Crippen molar-refractivity contribution in [3.8, 4) is 0 Å². The summed E-state index contributed by atoms with van der Waals surface area (Å²) >= 11 is 0. The molecule has 2 nitrogen and oxygen atoms in total. The molecule has 1 N–H and O–H groups in total. The standard InChI is InChI=1S/C20H33NO/c1-2-3-4-9-14-20(22,19-12-7-5-8-13-19)15-18-21-16-10-6-11-17-21/h5,7-8,12-13,22H,2-4,6,9-11,14-18H2,1H3/t20-/m0/s1. The van der Waals surface area contributed by atoms with Gasteiger partial charge in [0, 0.05) is 6.54 Å². The van der Waals surface area contributed by atoms with E-state index in [1.165, 1.54) is 51.6 Å². The molecular weight excluding hydrogens is 270 g/mol. The number of aliphatic hydroxyl groups is 1. The molecule has 1 aliphatic heterocycles. The number of unbranched alkanes of at least 4 members (excludes halogenated alkanes) is 3. The van der Waals surface area contributed by atoms with Crippen molar-refractivity contribution in [1.29, 1.82) is 0 Å². The van der Waals surface area contributed by atoms with E-state index in [1.54, 1.807) is 0 Å². The van der Waals surface area contributed by atoms with Crippen molar-refractivity contribution in [2.24, 2.45) is 0 Å². The van der Waals surface area contributed by atoms with Crippen molar-refractivity contribution in [1.82, 2.24) is 4.90 Å². The van der Waals surface area contributed by atoms with Crippen molar-refractivity contribution in [2.75, 3.05) is 19.6 Å². The van der Waals surface area contributed by atoms with E-state index in [2.05, 4.69) is 24.0 Å². The topological polar surface area (TPSA) is 23.5 Å². The Morgan fingerprint density at radius 1 is 0.955 bits per heavy atom. The van der Waals surface area contributed by atoms with Crippen LogP contribution < -0.4 is 0 Å². The normalized spacial score (nSPS) is 19.0. The predicted molar refractivity (Wildman–Crippen MR) is 94.0 cm³/mol. The number of hydrogen-bond acceptors (Lipinski definition) is 2. The van der Waals surface area contributed by atoms with Crippen LogP contribution in [0.2, 0.25) is 0 Å². The van der Waals surface area contributed by atoms with Crippen LogP contribution in [0.25, 0.3) is 0 Å². The molecule has 0 spiro atoms. The summed E-state index contributed by atoms with van der Waals surface area (Å²) in [6.45, 7) is 5.68. The Bertz CT molecular complexity index is 399. The molecule has 0 aliphatic carbocycles. The third-order valence-electron chi connectivity index (χ3n) is 5.05. The van der Waals surface area contributed by atoms with E-state index in [4.69, 9.17) is 0 Å². The number of likely N-dealkylation sites (tertiary alicyclic amines) is 1. The highest BCUT2D eigenvalue weighted by molar-refractivity contribution is 5.22. The summed E-state index contributed by atoms with van der Waals surface area (Å²) in [5, 5.41) is 11.3. The minimum atomic E-state index is -0.646. The van der Waals surface area contributed by atoms with Crippen LogP contribution in [0.15, 0.2) is 30.3 Å². The first-order valence-corrected chi connectivity index (χ1v) is 9.25. The largest absolute Gasteiger partial charge is 0.385 e. The van der Waals surface area contributed by atoms with Gasteiger partial charge in [0.2, 0.25) is 0 Å². The second-order valence-electron chi connectivity index (χ2n) is 6.86. The first-order chi connectivity index (χ1) is 10.7. The minimum absolute atomic E-state index is 0.646. The molecule has 1 heterocycles. The van der Waals surface area contributed by atoms with Crippen LogP contribution in [0.1, 0.15) is 70.3 Å². The lowest BCUT2D eigenvalue weighted by Gasteiger charge is -2.33. The Labute approximate surface area is 136 Å². The highest BCUT2D eigenvalue weighted by atomic mass is 16.3. The van der Waals surface area contributed by atoms with Crippen molar-refractivity contribution >= 4 is 0 Å². The summed E-state index contributed by atoms with van der Waals surface area (Å²) in [7, 11) is 0. The average molecular weight is 303 g/mol. The molecule has 2 heteroatoms. The monoisotopic (exact) mass is 303 g/mol. The number of nitrogens with zero attached hydrogens (tertiary/aromatic N) is 1. The van der Waals surface area contributed by atoms with Gasteiger partial charge >= 0.3 is 0 Å². The molecule has 1 aliphatic rings. The first kappa shape index (κ1) is 17.5. The SMILES string of the molecule is CCCCCC[C@](O)(CCN1CCCCC1)c1ccccc1. The maximum absolute atomic E-state index is 11.3. The fourth-order valence-electron chi connectivity index (χ4n) is 3.53. The van der Waals surface area contributed by atoms with Gasteiger partial charge < -0.3 is 10.0 Å². The second kappa shape index (κ2) is 9.32. The molecular formula is C20H33NO. The van der Waals surface area contributed by atoms with Gasteiger partial charge in [0.05, 0.1) is 5.60 Å². The fraction of sp³-hybridized carbons (Fsp3) is 0.700. The number of benzene rings is 1. The molecule has 1 aromatic rings. The number of rotatable bonds is 9. The first-order valence-electron chi connectivity index (χ1n) is 9.25. The zero-order valence-corrected chi connectivity index (χ0v) is 14.3. The molecule has 0 saturated carbocycles. The quantitative estimate of drug-likeness (QED) is 0.667. The van der Waals surface area contributed by atoms with Crippen LogP contribution >= 0.6 is 0 Å². The molecule has 0 aromatic heterocycles. The van der Waals surface area contributed by atoms with Gasteiger partial charge in [-0.15, -0.1) is 0 Å². The molecule has 0 unspecified atom stereocenters. The molecule has 22 heavy (non-hydrogen) atoms. The van der Waals surface area contributed by atoms with Crippen molar-refractivity contribution in [3.63, 3.8) is 0 Å². The molecule has 0 amide bonds. The summed E-state index contributed by atoms with van der Waals surface area (Å²) in [6.07, 6.45) is 10.6. The van der Waals surface area contributed by atoms with Gasteiger partial charge in [-0.05, 0) is 44.3 Å². The zero-order chi connectivity index (χ0) is 15.7. The third-order valence-corrected chi connectivity index (χ3v) is 5.05. The Hall–Kier alpha value is -0.860. The molecule has 1 saturated heterocycles. The molecule has 1 atom stereocenters. The van der Waals surface area contributed by atoms with Crippen molar-refractivity contribution in [3.05, 3.63) is 35.9 Å². The van der Waals surface area contributed by atoms with Gasteiger partial charge in [-0.2, -0.15) is 0 Å². The molecule has 2 rings (SSSR count). The van der Waals surface area contributed by atoms with Crippen LogP contribution in [0, 0.1) is 0 Å². The minimum Gasteiger partial charge on any atom is -0.385 e. The summed E-state index contributed by atoms with van der Waals surface area (Å²) in [6, 6.07) is 10.3. The highest BCUT2D eigenvalue weighted by Gasteiger charge is 2.29. The Morgan fingerprint density at radius 3 is 2.36 bits per heavy atom. The van der Waals surface area contributed by atoms with Gasteiger partial charge in [0.1, 0.15) is 0 Å². The molecule has 1 aromatic carbocycles. The van der Waals surface area contributed by atoms with Crippen molar-refractivity contribution in [2.45, 2.75) is 70.3 Å². The van der Waals surface area contributed by atoms with Gasteiger partial charge in [0.25, 0.3) is 0 Å². The lowest BCUT2D eigenvalue weighted by atomic mass is 9.85. The van der Waals surface area contributed by atoms with Crippen LogP contribution in [-0.2, 0) is 5.60 Å². The molecule has 1 fully saturated rings. The Balaban J connectivity index is 1.94. The summed E-state index contributed by atoms with van der Waals surface area (Å²) < 4.78 is 0. The third kappa shape index (κ3) is 5.40. The summed E-state index contributed by atoms with van der Waals surface area (Å²) in [5.74, 6) is 0. The molecule has 0 bridgehead atoms. The van der Waals surface area contributed by atoms with Crippen LogP contribution in [0.4, 0.5) is 0 Å². The van der Waals surface area contributed by atoms with E-state index < -0.39 is 5.60 Å². The highest BCUT2D eigenvalue weighted by Crippen LogP contribution is 2.31. The van der Waals surface area contributed by atoms with E-state index in [-0.39, 0.29) is 0 Å². The number of piperidine rings is 1. The van der Waals surface area contributed by atoms with Gasteiger partial charge in [-0.3, -0.25) is 0 Å². The maximum Gasteiger partial charge on any atom is 0.0908 e. The summed E-state index contributed by atoms with van der Waals surface area (Å²) in [5.41, 5.74) is 0.454. The molecule has 124 valence electrons. The van der Waals surface area contributed by atoms with Crippen LogP contribution in [0.3, 0.4) is 0 Å². The van der Waals surface area contributed by atoms with E-state index in [1.807, 2.05) is 18.2 Å². The lowest BCUT2D eigenvalue weighted by Crippen LogP contribution is -2.36. The summed E-state index contributed by atoms with van der Waals surface area (Å²) in [4.78, 5) is 2.53. The van der Waals surface area contributed by atoms with Gasteiger partial charge in [-0.1, -0.05) is 69.4 Å². The van der Waals surface area contributed by atoms with E-state index >= 15 is 0 Å². The second-order valence-corrected chi connectivity index (χ2v) is 6.86. The average Bonchev–Trinajstić information content (AvgIpc) is 2.59. The van der Waals surface area contributed by atoms with Crippen LogP contribution in [-0.4, -0.2) is 29.6 Å². The van der Waals surface area contributed by atoms with E-state index in [0.29, 0.717) is 0 Å².